The van der Waals surface area contributed by atoms with Gasteiger partial charge < -0.3 is 4.74 Å². The van der Waals surface area contributed by atoms with Crippen LogP contribution in [0.5, 0.6) is 0 Å². The summed E-state index contributed by atoms with van der Waals surface area (Å²) < 4.78 is 6.49. The summed E-state index contributed by atoms with van der Waals surface area (Å²) in [4.78, 5) is 11.9. The van der Waals surface area contributed by atoms with Crippen molar-refractivity contribution in [3.63, 3.8) is 0 Å². The number of esters is 1. The number of benzene rings is 2. The number of hydrogen-bond donors (Lipinski definition) is 0. The smallest absolute Gasteiger partial charge is 0.359 e. The molecule has 0 aliphatic heterocycles. The number of carbonyl (C=O) groups excluding carboxylic acids is 1. The van der Waals surface area contributed by atoms with Gasteiger partial charge in [0, 0.05) is 10.9 Å². The molecule has 0 spiro atoms. The van der Waals surface area contributed by atoms with Crippen molar-refractivity contribution in [1.29, 1.82) is 0 Å². The van der Waals surface area contributed by atoms with Gasteiger partial charge in [0.1, 0.15) is 0 Å². The zero-order valence-electron chi connectivity index (χ0n) is 11.4. The van der Waals surface area contributed by atoms with Gasteiger partial charge in [0.05, 0.1) is 18.3 Å². The molecule has 4 nitrogen and oxygen atoms in total. The maximum Gasteiger partial charge on any atom is 0.359 e. The summed E-state index contributed by atoms with van der Waals surface area (Å²) in [7, 11) is 1.34. The minimum atomic E-state index is -0.460. The second kappa shape index (κ2) is 5.14. The normalized spacial score (nSPS) is 10.3. The predicted molar refractivity (Wildman–Crippen MR) is 80.3 cm³/mol. The van der Waals surface area contributed by atoms with Crippen molar-refractivity contribution in [3.8, 4) is 18.0 Å². The summed E-state index contributed by atoms with van der Waals surface area (Å²) >= 11 is 0. The van der Waals surface area contributed by atoms with Crippen LogP contribution < -0.4 is 0 Å². The number of ether oxygens (including phenoxy) is 1. The molecule has 0 bridgehead atoms. The highest BCUT2D eigenvalue weighted by Crippen LogP contribution is 2.23. The summed E-state index contributed by atoms with van der Waals surface area (Å²) in [6.45, 7) is 0. The lowest BCUT2D eigenvalue weighted by Crippen LogP contribution is -2.04. The third-order valence-electron chi connectivity index (χ3n) is 3.22. The van der Waals surface area contributed by atoms with Crippen LogP contribution in [0.15, 0.2) is 48.5 Å². The van der Waals surface area contributed by atoms with Gasteiger partial charge in [0.15, 0.2) is 5.69 Å². The highest BCUT2D eigenvalue weighted by molar-refractivity contribution is 6.02. The molecule has 0 atom stereocenters. The van der Waals surface area contributed by atoms with Gasteiger partial charge in [0.2, 0.25) is 0 Å². The van der Waals surface area contributed by atoms with E-state index in [9.17, 15) is 4.79 Å². The number of nitrogens with zero attached hydrogens (tertiary/aromatic N) is 2. The first kappa shape index (κ1) is 12.9. The van der Waals surface area contributed by atoms with E-state index in [1.165, 1.54) is 7.11 Å². The number of aromatic nitrogens is 2. The molecule has 0 amide bonds. The van der Waals surface area contributed by atoms with Crippen molar-refractivity contribution >= 4 is 16.9 Å². The van der Waals surface area contributed by atoms with Gasteiger partial charge in [-0.1, -0.05) is 30.2 Å². The molecule has 1 heterocycles. The lowest BCUT2D eigenvalue weighted by Gasteiger charge is -2.03. The number of para-hydroxylation sites is 1. The molecule has 102 valence electrons. The monoisotopic (exact) mass is 276 g/mol. The summed E-state index contributed by atoms with van der Waals surface area (Å²) in [5.41, 5.74) is 2.68. The van der Waals surface area contributed by atoms with E-state index in [2.05, 4.69) is 11.0 Å². The van der Waals surface area contributed by atoms with E-state index in [4.69, 9.17) is 11.2 Å². The zero-order valence-corrected chi connectivity index (χ0v) is 11.4. The summed E-state index contributed by atoms with van der Waals surface area (Å²) in [5, 5.41) is 5.13. The van der Waals surface area contributed by atoms with Crippen LogP contribution in [-0.2, 0) is 4.74 Å². The van der Waals surface area contributed by atoms with Crippen LogP contribution in [0.25, 0.3) is 16.6 Å². The molecule has 0 aliphatic rings. The van der Waals surface area contributed by atoms with Crippen LogP contribution in [-0.4, -0.2) is 22.9 Å². The van der Waals surface area contributed by atoms with E-state index in [0.717, 1.165) is 22.2 Å². The Balaban J connectivity index is 2.28. The van der Waals surface area contributed by atoms with Crippen molar-refractivity contribution in [2.45, 2.75) is 0 Å². The van der Waals surface area contributed by atoms with Crippen LogP contribution >= 0.6 is 0 Å². The summed E-state index contributed by atoms with van der Waals surface area (Å²) in [5.74, 6) is 2.13. The molecule has 1 aromatic heterocycles. The average molecular weight is 276 g/mol. The Morgan fingerprint density at radius 2 is 2.05 bits per heavy atom. The van der Waals surface area contributed by atoms with E-state index < -0.39 is 5.97 Å². The van der Waals surface area contributed by atoms with Crippen LogP contribution in [0.3, 0.4) is 0 Å². The molecule has 3 aromatic rings. The van der Waals surface area contributed by atoms with Gasteiger partial charge in [-0.3, -0.25) is 0 Å². The van der Waals surface area contributed by atoms with Gasteiger partial charge in [-0.2, -0.15) is 5.10 Å². The molecule has 2 aromatic carbocycles. The Morgan fingerprint density at radius 3 is 2.81 bits per heavy atom. The fourth-order valence-corrected chi connectivity index (χ4v) is 2.24. The van der Waals surface area contributed by atoms with E-state index in [1.807, 2.05) is 48.5 Å². The molecule has 3 rings (SSSR count). The number of hydrogen-bond acceptors (Lipinski definition) is 3. The summed E-state index contributed by atoms with van der Waals surface area (Å²) in [6.07, 6.45) is 5.43. The second-order valence-electron chi connectivity index (χ2n) is 4.46. The second-order valence-corrected chi connectivity index (χ2v) is 4.46. The lowest BCUT2D eigenvalue weighted by atomic mass is 10.2. The number of methoxy groups -OCH3 is 1. The Kier molecular flexibility index (Phi) is 3.17. The maximum absolute atomic E-state index is 11.9. The van der Waals surface area contributed by atoms with Gasteiger partial charge in [-0.25, -0.2) is 9.48 Å². The first-order chi connectivity index (χ1) is 10.2. The Morgan fingerprint density at radius 1 is 1.24 bits per heavy atom. The van der Waals surface area contributed by atoms with Gasteiger partial charge >= 0.3 is 5.97 Å². The Hall–Kier alpha value is -3.06. The number of terminal acetylenes is 1. The highest BCUT2D eigenvalue weighted by atomic mass is 16.5. The maximum atomic E-state index is 11.9. The first-order valence-electron chi connectivity index (χ1n) is 6.37. The first-order valence-corrected chi connectivity index (χ1v) is 6.37. The third-order valence-corrected chi connectivity index (χ3v) is 3.22. The van der Waals surface area contributed by atoms with E-state index in [1.54, 1.807) is 4.68 Å². The molecule has 4 heteroatoms. The summed E-state index contributed by atoms with van der Waals surface area (Å²) in [6, 6.07) is 14.9. The highest BCUT2D eigenvalue weighted by Gasteiger charge is 2.18. The lowest BCUT2D eigenvalue weighted by molar-refractivity contribution is 0.0595. The van der Waals surface area contributed by atoms with Crippen molar-refractivity contribution in [2.75, 3.05) is 7.11 Å². The van der Waals surface area contributed by atoms with Gasteiger partial charge in [0.25, 0.3) is 0 Å². The Labute approximate surface area is 122 Å². The third kappa shape index (κ3) is 2.15. The molecule has 0 unspecified atom stereocenters. The largest absolute Gasteiger partial charge is 0.464 e. The van der Waals surface area contributed by atoms with Crippen LogP contribution in [0.4, 0.5) is 0 Å². The SMILES string of the molecule is C#Cc1cccc(-n2nc(C(=O)OC)c3ccccc32)c1. The molecular weight excluding hydrogens is 264 g/mol. The van der Waals surface area contributed by atoms with E-state index in [0.29, 0.717) is 5.69 Å². The van der Waals surface area contributed by atoms with Crippen LogP contribution in [0.2, 0.25) is 0 Å². The fourth-order valence-electron chi connectivity index (χ4n) is 2.24. The van der Waals surface area contributed by atoms with Crippen molar-refractivity contribution in [1.82, 2.24) is 9.78 Å². The molecule has 0 saturated carbocycles. The topological polar surface area (TPSA) is 44.1 Å². The molecule has 21 heavy (non-hydrogen) atoms. The van der Waals surface area contributed by atoms with Crippen molar-refractivity contribution in [2.24, 2.45) is 0 Å². The average Bonchev–Trinajstić information content (AvgIpc) is 2.94. The molecule has 0 aliphatic carbocycles. The van der Waals surface area contributed by atoms with Crippen molar-refractivity contribution < 1.29 is 9.53 Å². The molecular formula is C17H12N2O2. The number of fused-ring (bicyclic) bond motifs is 1. The zero-order chi connectivity index (χ0) is 14.8. The van der Waals surface area contributed by atoms with Crippen LogP contribution in [0, 0.1) is 12.3 Å². The standard InChI is InChI=1S/C17H12N2O2/c1-3-12-7-6-8-13(11-12)19-15-10-5-4-9-14(15)16(18-19)17(20)21-2/h1,4-11H,2H3. The molecule has 0 saturated heterocycles. The van der Waals surface area contributed by atoms with E-state index in [-0.39, 0.29) is 0 Å². The molecule has 0 radical (unpaired) electrons. The molecule has 0 fully saturated rings. The van der Waals surface area contributed by atoms with Crippen molar-refractivity contribution in [3.05, 3.63) is 59.8 Å². The van der Waals surface area contributed by atoms with Crippen LogP contribution in [0.1, 0.15) is 16.1 Å². The Bertz CT molecular complexity index is 872. The predicted octanol–water partition coefficient (Wildman–Crippen LogP) is 2.79. The number of rotatable bonds is 2. The molecule has 0 N–H and O–H groups in total. The quantitative estimate of drug-likeness (QED) is 0.534. The number of carbonyl (C=O) groups is 1. The minimum Gasteiger partial charge on any atom is -0.464 e. The fraction of sp³-hybridized carbons (Fsp3) is 0.0588. The minimum absolute atomic E-state index is 0.291. The van der Waals surface area contributed by atoms with Gasteiger partial charge in [-0.15, -0.1) is 6.42 Å². The van der Waals surface area contributed by atoms with Gasteiger partial charge in [-0.05, 0) is 24.3 Å². The van der Waals surface area contributed by atoms with E-state index >= 15 is 0 Å².